The van der Waals surface area contributed by atoms with Crippen LogP contribution in [0.4, 0.5) is 10.1 Å². The summed E-state index contributed by atoms with van der Waals surface area (Å²) in [6, 6.07) is 16.6. The van der Waals surface area contributed by atoms with Gasteiger partial charge >= 0.3 is 0 Å². The van der Waals surface area contributed by atoms with Gasteiger partial charge in [0.1, 0.15) is 10.5 Å². The van der Waals surface area contributed by atoms with Gasteiger partial charge in [0, 0.05) is 44.2 Å². The first-order chi connectivity index (χ1) is 16.5. The molecular weight excluding hydrogens is 471 g/mol. The average molecular weight is 495 g/mol. The highest BCUT2D eigenvalue weighted by Crippen LogP contribution is 2.32. The average Bonchev–Trinajstić information content (AvgIpc) is 3.30. The van der Waals surface area contributed by atoms with Crippen LogP contribution in [0.1, 0.15) is 0 Å². The van der Waals surface area contributed by atoms with Gasteiger partial charge < -0.3 is 9.80 Å². The molecule has 2 aromatic heterocycles. The molecule has 0 radical (unpaired) electrons. The zero-order chi connectivity index (χ0) is 23.7. The molecule has 1 fully saturated rings. The Kier molecular flexibility index (Phi) is 6.38. The van der Waals surface area contributed by atoms with E-state index in [1.807, 2.05) is 46.7 Å². The Hall–Kier alpha value is -3.17. The molecule has 0 bridgehead atoms. The lowest BCUT2D eigenvalue weighted by atomic mass is 10.1. The second kappa shape index (κ2) is 9.60. The van der Waals surface area contributed by atoms with Crippen molar-refractivity contribution in [3.63, 3.8) is 0 Å². The number of carbonyl (C=O) groups is 1. The quantitative estimate of drug-likeness (QED) is 0.307. The maximum atomic E-state index is 14.1. The van der Waals surface area contributed by atoms with E-state index in [2.05, 4.69) is 0 Å². The monoisotopic (exact) mass is 494 g/mol. The van der Waals surface area contributed by atoms with Crippen LogP contribution in [0.25, 0.3) is 21.3 Å². The van der Waals surface area contributed by atoms with Crippen molar-refractivity contribution in [2.75, 3.05) is 36.8 Å². The van der Waals surface area contributed by atoms with Gasteiger partial charge in [0.25, 0.3) is 5.56 Å². The zero-order valence-corrected chi connectivity index (χ0v) is 20.2. The number of halogens is 1. The number of thiophene rings is 1. The lowest BCUT2D eigenvalue weighted by Gasteiger charge is -2.36. The summed E-state index contributed by atoms with van der Waals surface area (Å²) in [5.74, 6) is -0.0688. The number of thioether (sulfide) groups is 1. The third-order valence-corrected chi connectivity index (χ3v) is 7.96. The van der Waals surface area contributed by atoms with E-state index in [9.17, 15) is 14.0 Å². The number of nitrogens with zero attached hydrogens (tertiary/aromatic N) is 4. The minimum Gasteiger partial charge on any atom is -0.366 e. The van der Waals surface area contributed by atoms with Gasteiger partial charge in [-0.15, -0.1) is 11.3 Å². The summed E-state index contributed by atoms with van der Waals surface area (Å²) in [5.41, 5.74) is 3.07. The topological polar surface area (TPSA) is 58.4 Å². The number of hydrogen-bond acceptors (Lipinski definition) is 6. The number of amides is 1. The van der Waals surface area contributed by atoms with Crippen LogP contribution in [-0.4, -0.2) is 52.3 Å². The Labute approximate surface area is 204 Å². The van der Waals surface area contributed by atoms with E-state index in [-0.39, 0.29) is 23.0 Å². The second-order valence-electron chi connectivity index (χ2n) is 8.06. The molecule has 0 saturated carbocycles. The minimum absolute atomic E-state index is 0.0128. The number of benzene rings is 2. The number of hydrogen-bond donors (Lipinski definition) is 0. The lowest BCUT2D eigenvalue weighted by molar-refractivity contribution is -0.128. The first kappa shape index (κ1) is 22.6. The molecule has 2 aromatic carbocycles. The number of para-hydroxylation sites is 1. The highest BCUT2D eigenvalue weighted by Gasteiger charge is 2.23. The number of fused-ring (bicyclic) bond motifs is 1. The molecule has 4 aromatic rings. The van der Waals surface area contributed by atoms with E-state index in [1.165, 1.54) is 33.7 Å². The lowest BCUT2D eigenvalue weighted by Crippen LogP contribution is -2.49. The maximum Gasteiger partial charge on any atom is 0.271 e. The van der Waals surface area contributed by atoms with Gasteiger partial charge in [0.15, 0.2) is 5.16 Å². The fraction of sp³-hybridized carbons (Fsp3) is 0.240. The predicted octanol–water partition coefficient (Wildman–Crippen LogP) is 4.24. The van der Waals surface area contributed by atoms with Gasteiger partial charge in [-0.25, -0.2) is 9.37 Å². The Morgan fingerprint density at radius 3 is 2.50 bits per heavy atom. The molecule has 0 atom stereocenters. The van der Waals surface area contributed by atoms with Crippen molar-refractivity contribution in [1.82, 2.24) is 14.5 Å². The fourth-order valence-electron chi connectivity index (χ4n) is 4.10. The summed E-state index contributed by atoms with van der Waals surface area (Å²) in [4.78, 5) is 34.3. The van der Waals surface area contributed by atoms with Crippen LogP contribution < -0.4 is 10.5 Å². The SMILES string of the molecule is Cn1c(SCC(=O)N2CCN(c3ccccc3F)CC2)nc2c(-c3ccccc3)csc2c1=O. The van der Waals surface area contributed by atoms with Crippen LogP contribution in [0.5, 0.6) is 0 Å². The summed E-state index contributed by atoms with van der Waals surface area (Å²) in [5, 5.41) is 2.48. The van der Waals surface area contributed by atoms with Crippen molar-refractivity contribution < 1.29 is 9.18 Å². The maximum absolute atomic E-state index is 14.1. The van der Waals surface area contributed by atoms with Crippen LogP contribution in [0.3, 0.4) is 0 Å². The standard InChI is InChI=1S/C25H23FN4O2S2/c1-28-24(32)23-22(18(15-33-23)17-7-3-2-4-8-17)27-25(28)34-16-21(31)30-13-11-29(12-14-30)20-10-6-5-9-19(20)26/h2-10,15H,11-14,16H2,1H3. The molecule has 0 N–H and O–H groups in total. The molecule has 34 heavy (non-hydrogen) atoms. The van der Waals surface area contributed by atoms with E-state index in [4.69, 9.17) is 4.98 Å². The number of anilines is 1. The molecule has 6 nitrogen and oxygen atoms in total. The molecule has 3 heterocycles. The van der Waals surface area contributed by atoms with Crippen LogP contribution in [0, 0.1) is 5.82 Å². The zero-order valence-electron chi connectivity index (χ0n) is 18.6. The van der Waals surface area contributed by atoms with E-state index in [0.717, 1.165) is 11.1 Å². The molecular formula is C25H23FN4O2S2. The van der Waals surface area contributed by atoms with Crippen molar-refractivity contribution in [2.45, 2.75) is 5.16 Å². The molecule has 5 rings (SSSR count). The van der Waals surface area contributed by atoms with Gasteiger partial charge in [-0.05, 0) is 17.7 Å². The first-order valence-electron chi connectivity index (χ1n) is 11.0. The third-order valence-electron chi connectivity index (χ3n) is 5.99. The Balaban J connectivity index is 1.29. The molecule has 0 aliphatic carbocycles. The molecule has 0 unspecified atom stereocenters. The predicted molar refractivity (Wildman–Crippen MR) is 136 cm³/mol. The van der Waals surface area contributed by atoms with E-state index >= 15 is 0 Å². The van der Waals surface area contributed by atoms with Gasteiger partial charge in [0.2, 0.25) is 5.91 Å². The summed E-state index contributed by atoms with van der Waals surface area (Å²) in [7, 11) is 1.69. The number of rotatable bonds is 5. The first-order valence-corrected chi connectivity index (χ1v) is 12.8. The Morgan fingerprint density at radius 2 is 1.76 bits per heavy atom. The number of carbonyl (C=O) groups excluding carboxylic acids is 1. The molecule has 1 amide bonds. The Bertz CT molecular complexity index is 1400. The van der Waals surface area contributed by atoms with Crippen molar-refractivity contribution in [1.29, 1.82) is 0 Å². The summed E-state index contributed by atoms with van der Waals surface area (Å²) in [6.45, 7) is 2.22. The Morgan fingerprint density at radius 1 is 1.06 bits per heavy atom. The van der Waals surface area contributed by atoms with Gasteiger partial charge in [-0.2, -0.15) is 0 Å². The molecule has 174 valence electrons. The minimum atomic E-state index is -0.247. The van der Waals surface area contributed by atoms with Crippen molar-refractivity contribution in [3.05, 3.63) is 76.1 Å². The second-order valence-corrected chi connectivity index (χ2v) is 9.88. The van der Waals surface area contributed by atoms with Crippen LogP contribution in [-0.2, 0) is 11.8 Å². The van der Waals surface area contributed by atoms with Crippen molar-refractivity contribution in [3.8, 4) is 11.1 Å². The van der Waals surface area contributed by atoms with Crippen LogP contribution >= 0.6 is 23.1 Å². The van der Waals surface area contributed by atoms with Gasteiger partial charge in [0.05, 0.1) is 17.0 Å². The van der Waals surface area contributed by atoms with E-state index in [0.29, 0.717) is 47.2 Å². The van der Waals surface area contributed by atoms with Gasteiger partial charge in [-0.1, -0.05) is 54.2 Å². The molecule has 1 aliphatic heterocycles. The largest absolute Gasteiger partial charge is 0.366 e. The normalized spacial score (nSPS) is 14.1. The van der Waals surface area contributed by atoms with Crippen molar-refractivity contribution in [2.24, 2.45) is 7.05 Å². The summed E-state index contributed by atoms with van der Waals surface area (Å²) < 4.78 is 16.2. The highest BCUT2D eigenvalue weighted by atomic mass is 32.2. The number of aromatic nitrogens is 2. The molecule has 1 saturated heterocycles. The smallest absolute Gasteiger partial charge is 0.271 e. The van der Waals surface area contributed by atoms with Crippen LogP contribution in [0.2, 0.25) is 0 Å². The van der Waals surface area contributed by atoms with E-state index < -0.39 is 0 Å². The molecule has 1 aliphatic rings. The third kappa shape index (κ3) is 4.33. The molecule has 0 spiro atoms. The molecule has 9 heteroatoms. The summed E-state index contributed by atoms with van der Waals surface area (Å²) >= 11 is 2.67. The van der Waals surface area contributed by atoms with E-state index in [1.54, 1.807) is 24.1 Å². The highest BCUT2D eigenvalue weighted by molar-refractivity contribution is 7.99. The van der Waals surface area contributed by atoms with Gasteiger partial charge in [-0.3, -0.25) is 14.2 Å². The number of piperazine rings is 1. The summed E-state index contributed by atoms with van der Waals surface area (Å²) in [6.07, 6.45) is 0. The van der Waals surface area contributed by atoms with Crippen LogP contribution in [0.15, 0.2) is 69.9 Å². The van der Waals surface area contributed by atoms with Crippen molar-refractivity contribution >= 4 is 44.9 Å². The fourth-order valence-corrected chi connectivity index (χ4v) is 5.95.